The van der Waals surface area contributed by atoms with Crippen LogP contribution in [-0.2, 0) is 33.6 Å². The van der Waals surface area contributed by atoms with Crippen LogP contribution in [0.3, 0.4) is 0 Å². The monoisotopic (exact) mass is 516 g/mol. The van der Waals surface area contributed by atoms with Gasteiger partial charge in [-0.05, 0) is 42.3 Å². The Labute approximate surface area is 196 Å². The summed E-state index contributed by atoms with van der Waals surface area (Å²) >= 11 is 0. The van der Waals surface area contributed by atoms with Gasteiger partial charge < -0.3 is 5.32 Å². The van der Waals surface area contributed by atoms with Gasteiger partial charge in [0.1, 0.15) is 6.04 Å². The number of sulfonamides is 1. The second-order valence-corrected chi connectivity index (χ2v) is 9.17. The summed E-state index contributed by atoms with van der Waals surface area (Å²) in [5.41, 5.74) is -3.52. The van der Waals surface area contributed by atoms with E-state index in [1.54, 1.807) is 36.4 Å². The highest BCUT2D eigenvalue weighted by Crippen LogP contribution is 2.37. The third kappa shape index (κ3) is 7.06. The predicted molar refractivity (Wildman–Crippen MR) is 116 cm³/mol. The number of carbonyl (C=O) groups is 1. The van der Waals surface area contributed by atoms with Crippen LogP contribution in [0.4, 0.5) is 32.0 Å². The van der Waals surface area contributed by atoms with Crippen LogP contribution >= 0.6 is 0 Å². The first-order chi connectivity index (χ1) is 16.3. The lowest BCUT2D eigenvalue weighted by Crippen LogP contribution is -2.45. The fraction of sp³-hybridized carbons (Fsp3) is 0.174. The lowest BCUT2D eigenvalue weighted by Gasteiger charge is -2.20. The minimum Gasteiger partial charge on any atom is -0.325 e. The molecular weight excluding hydrogens is 498 g/mol. The lowest BCUT2D eigenvalue weighted by atomic mass is 10.1. The highest BCUT2D eigenvalue weighted by atomic mass is 32.2. The van der Waals surface area contributed by atoms with Gasteiger partial charge >= 0.3 is 12.4 Å². The SMILES string of the molecule is O=C(Nc1cc(C(F)(F)F)cc(C(F)(F)F)c1)[C@@H](Cc1ccccc1)NS(=O)(=O)c1ccccc1. The smallest absolute Gasteiger partial charge is 0.325 e. The van der Waals surface area contributed by atoms with E-state index in [0.29, 0.717) is 17.7 Å². The molecule has 3 aromatic rings. The van der Waals surface area contributed by atoms with Crippen LogP contribution in [0.15, 0.2) is 83.8 Å². The third-order valence-electron chi connectivity index (χ3n) is 4.81. The average molecular weight is 516 g/mol. The van der Waals surface area contributed by atoms with Crippen molar-refractivity contribution in [1.82, 2.24) is 4.72 Å². The molecule has 3 rings (SSSR count). The molecule has 5 nitrogen and oxygen atoms in total. The number of nitrogens with one attached hydrogen (secondary N) is 2. The summed E-state index contributed by atoms with van der Waals surface area (Å²) in [6, 6.07) is 14.2. The van der Waals surface area contributed by atoms with Crippen LogP contribution in [0.2, 0.25) is 0 Å². The summed E-state index contributed by atoms with van der Waals surface area (Å²) in [4.78, 5) is 12.8. The second-order valence-electron chi connectivity index (χ2n) is 7.46. The van der Waals surface area contributed by atoms with Crippen LogP contribution in [0.1, 0.15) is 16.7 Å². The Bertz CT molecular complexity index is 1250. The molecule has 0 aliphatic rings. The van der Waals surface area contributed by atoms with E-state index in [2.05, 4.69) is 4.72 Å². The number of benzene rings is 3. The first-order valence-corrected chi connectivity index (χ1v) is 11.5. The molecule has 12 heteroatoms. The van der Waals surface area contributed by atoms with Gasteiger partial charge in [0.2, 0.25) is 15.9 Å². The van der Waals surface area contributed by atoms with Crippen LogP contribution < -0.4 is 10.0 Å². The third-order valence-corrected chi connectivity index (χ3v) is 6.29. The van der Waals surface area contributed by atoms with E-state index in [1.165, 1.54) is 24.3 Å². The molecule has 1 amide bonds. The summed E-state index contributed by atoms with van der Waals surface area (Å²) in [7, 11) is -4.25. The Hall–Kier alpha value is -3.38. The number of rotatable bonds is 7. The van der Waals surface area contributed by atoms with Crippen LogP contribution in [0.5, 0.6) is 0 Å². The Morgan fingerprint density at radius 3 is 1.74 bits per heavy atom. The quantitative estimate of drug-likeness (QED) is 0.421. The molecule has 0 saturated heterocycles. The number of alkyl halides is 6. The summed E-state index contributed by atoms with van der Waals surface area (Å²) in [5.74, 6) is -1.14. The first kappa shape index (κ1) is 26.2. The number of hydrogen-bond acceptors (Lipinski definition) is 3. The number of amides is 1. The van der Waals surface area contributed by atoms with Gasteiger partial charge in [0.15, 0.2) is 0 Å². The van der Waals surface area contributed by atoms with Gasteiger partial charge in [-0.25, -0.2) is 8.42 Å². The largest absolute Gasteiger partial charge is 0.416 e. The predicted octanol–water partition coefficient (Wildman–Crippen LogP) is 5.25. The van der Waals surface area contributed by atoms with Crippen molar-refractivity contribution < 1.29 is 39.6 Å². The first-order valence-electron chi connectivity index (χ1n) is 9.97. The van der Waals surface area contributed by atoms with Gasteiger partial charge in [0, 0.05) is 5.69 Å². The maximum absolute atomic E-state index is 13.2. The summed E-state index contributed by atoms with van der Waals surface area (Å²) in [5, 5.41) is 2.00. The summed E-state index contributed by atoms with van der Waals surface area (Å²) < 4.78 is 107. The molecule has 0 bridgehead atoms. The second kappa shape index (κ2) is 10.1. The van der Waals surface area contributed by atoms with Crippen LogP contribution in [-0.4, -0.2) is 20.4 Å². The Kier molecular flexibility index (Phi) is 7.56. The molecule has 0 aromatic heterocycles. The van der Waals surface area contributed by atoms with Crippen molar-refractivity contribution in [3.05, 3.63) is 95.6 Å². The molecule has 186 valence electrons. The standard InChI is InChI=1S/C23H18F6N2O3S/c24-22(25,26)16-12-17(23(27,28)29)14-18(13-16)30-21(32)20(11-15-7-3-1-4-8-15)31-35(33,34)19-9-5-2-6-10-19/h1-10,12-14,20,31H,11H2,(H,30,32)/t20-/m1/s1. The molecule has 1 atom stereocenters. The van der Waals surface area contributed by atoms with Gasteiger partial charge in [0.05, 0.1) is 16.0 Å². The number of hydrogen-bond donors (Lipinski definition) is 2. The molecule has 0 radical (unpaired) electrons. The topological polar surface area (TPSA) is 75.3 Å². The maximum atomic E-state index is 13.2. The van der Waals surface area contributed by atoms with Crippen molar-refractivity contribution in [3.63, 3.8) is 0 Å². The van der Waals surface area contributed by atoms with Gasteiger partial charge in [-0.3, -0.25) is 4.79 Å². The zero-order chi connectivity index (χ0) is 25.9. The summed E-state index contributed by atoms with van der Waals surface area (Å²) in [6.45, 7) is 0. The van der Waals surface area contributed by atoms with E-state index in [-0.39, 0.29) is 17.4 Å². The van der Waals surface area contributed by atoms with Crippen molar-refractivity contribution >= 4 is 21.6 Å². The van der Waals surface area contributed by atoms with Gasteiger partial charge in [0.25, 0.3) is 0 Å². The molecule has 3 aromatic carbocycles. The maximum Gasteiger partial charge on any atom is 0.416 e. The van der Waals surface area contributed by atoms with E-state index in [0.717, 1.165) is 0 Å². The molecule has 35 heavy (non-hydrogen) atoms. The van der Waals surface area contributed by atoms with Crippen molar-refractivity contribution in [2.75, 3.05) is 5.32 Å². The molecule has 0 aliphatic heterocycles. The molecule has 0 aliphatic carbocycles. The minimum atomic E-state index is -5.11. The van der Waals surface area contributed by atoms with Crippen LogP contribution in [0, 0.1) is 0 Å². The number of carbonyl (C=O) groups excluding carboxylic acids is 1. The highest BCUT2D eigenvalue weighted by molar-refractivity contribution is 7.89. The van der Waals surface area contributed by atoms with E-state index >= 15 is 0 Å². The molecular formula is C23H18F6N2O3S. The number of halogens is 6. The number of anilines is 1. The fourth-order valence-corrected chi connectivity index (χ4v) is 4.37. The van der Waals surface area contributed by atoms with Gasteiger partial charge in [-0.1, -0.05) is 48.5 Å². The molecule has 0 spiro atoms. The van der Waals surface area contributed by atoms with Gasteiger partial charge in [-0.15, -0.1) is 0 Å². The van der Waals surface area contributed by atoms with Crippen LogP contribution in [0.25, 0.3) is 0 Å². The van der Waals surface area contributed by atoms with E-state index in [4.69, 9.17) is 0 Å². The summed E-state index contributed by atoms with van der Waals surface area (Å²) in [6.07, 6.45) is -10.4. The van der Waals surface area contributed by atoms with Gasteiger partial charge in [-0.2, -0.15) is 31.1 Å². The zero-order valence-corrected chi connectivity index (χ0v) is 18.5. The molecule has 0 unspecified atom stereocenters. The normalized spacial score (nSPS) is 13.3. The average Bonchev–Trinajstić information content (AvgIpc) is 2.78. The van der Waals surface area contributed by atoms with E-state index in [1.807, 2.05) is 5.32 Å². The van der Waals surface area contributed by atoms with Crippen molar-refractivity contribution in [3.8, 4) is 0 Å². The van der Waals surface area contributed by atoms with Crippen molar-refractivity contribution in [1.29, 1.82) is 0 Å². The zero-order valence-electron chi connectivity index (χ0n) is 17.7. The Morgan fingerprint density at radius 1 is 0.771 bits per heavy atom. The fourth-order valence-electron chi connectivity index (χ4n) is 3.15. The van der Waals surface area contributed by atoms with Crippen molar-refractivity contribution in [2.45, 2.75) is 29.7 Å². The van der Waals surface area contributed by atoms with Crippen molar-refractivity contribution in [2.24, 2.45) is 0 Å². The van der Waals surface area contributed by atoms with E-state index in [9.17, 15) is 39.6 Å². The Balaban J connectivity index is 1.96. The lowest BCUT2D eigenvalue weighted by molar-refractivity contribution is -0.143. The molecule has 0 saturated carbocycles. The molecule has 0 heterocycles. The highest BCUT2D eigenvalue weighted by Gasteiger charge is 2.37. The minimum absolute atomic E-state index is 0.0742. The molecule has 0 fully saturated rings. The molecule has 2 N–H and O–H groups in total. The van der Waals surface area contributed by atoms with E-state index < -0.39 is 51.1 Å². The Morgan fingerprint density at radius 2 is 1.26 bits per heavy atom.